The van der Waals surface area contributed by atoms with Crippen LogP contribution in [0.2, 0.25) is 0 Å². The monoisotopic (exact) mass is 174 g/mol. The number of fused-ring (bicyclic) bond motifs is 3. The van der Waals surface area contributed by atoms with E-state index in [-0.39, 0.29) is 5.38 Å². The lowest BCUT2D eigenvalue weighted by Crippen LogP contribution is -1.68. The van der Waals surface area contributed by atoms with E-state index < -0.39 is 0 Å². The van der Waals surface area contributed by atoms with Crippen LogP contribution in [0.1, 0.15) is 16.5 Å². The van der Waals surface area contributed by atoms with Crippen LogP contribution >= 0.6 is 11.6 Å². The molecule has 0 nitrogen and oxygen atoms in total. The number of hydrogen-bond donors (Lipinski definition) is 0. The van der Waals surface area contributed by atoms with Gasteiger partial charge in [-0.05, 0) is 21.9 Å². The maximum atomic E-state index is 6.06. The molecule has 0 heterocycles. The highest BCUT2D eigenvalue weighted by Gasteiger charge is 2.31. The Hall–Kier alpha value is -1.01. The predicted octanol–water partition coefficient (Wildman–Crippen LogP) is 3.48. The summed E-state index contributed by atoms with van der Waals surface area (Å²) >= 11 is 6.06. The summed E-state index contributed by atoms with van der Waals surface area (Å²) in [4.78, 5) is 0. The maximum Gasteiger partial charge on any atom is 0.0848 e. The summed E-state index contributed by atoms with van der Waals surface area (Å²) < 4.78 is 0. The van der Waals surface area contributed by atoms with E-state index in [9.17, 15) is 0 Å². The minimum absolute atomic E-state index is 0.185. The summed E-state index contributed by atoms with van der Waals surface area (Å²) in [6.45, 7) is 0. The molecule has 2 aromatic carbocycles. The van der Waals surface area contributed by atoms with Crippen molar-refractivity contribution in [3.63, 3.8) is 0 Å². The second-order valence-corrected chi connectivity index (χ2v) is 3.59. The van der Waals surface area contributed by atoms with Gasteiger partial charge in [0, 0.05) is 0 Å². The largest absolute Gasteiger partial charge is 0.113 e. The van der Waals surface area contributed by atoms with Crippen LogP contribution in [-0.4, -0.2) is 0 Å². The van der Waals surface area contributed by atoms with Gasteiger partial charge < -0.3 is 0 Å². The Balaban J connectivity index is 2.47. The van der Waals surface area contributed by atoms with E-state index in [0.717, 1.165) is 0 Å². The van der Waals surface area contributed by atoms with Crippen LogP contribution in [0.25, 0.3) is 10.8 Å². The number of alkyl halides is 1. The lowest BCUT2D eigenvalue weighted by atomic mass is 10.1. The molecule has 0 spiro atoms. The third kappa shape index (κ3) is 0.683. The van der Waals surface area contributed by atoms with Crippen LogP contribution in [0.3, 0.4) is 0 Å². The molecule has 1 aliphatic carbocycles. The fourth-order valence-electron chi connectivity index (χ4n) is 1.74. The molecule has 0 saturated heterocycles. The summed E-state index contributed by atoms with van der Waals surface area (Å²) in [6.07, 6.45) is 0. The summed E-state index contributed by atoms with van der Waals surface area (Å²) in [5.41, 5.74) is 2.63. The molecule has 1 unspecified atom stereocenters. The highest BCUT2D eigenvalue weighted by atomic mass is 35.5. The fourth-order valence-corrected chi connectivity index (χ4v) is 2.11. The lowest BCUT2D eigenvalue weighted by molar-refractivity contribution is 1.52. The second kappa shape index (κ2) is 2.02. The van der Waals surface area contributed by atoms with E-state index in [1.54, 1.807) is 0 Å². The van der Waals surface area contributed by atoms with Crippen LogP contribution in [0.5, 0.6) is 0 Å². The van der Waals surface area contributed by atoms with Gasteiger partial charge in [-0.25, -0.2) is 0 Å². The number of hydrogen-bond acceptors (Lipinski definition) is 0. The van der Waals surface area contributed by atoms with Crippen molar-refractivity contribution in [3.8, 4) is 0 Å². The summed E-state index contributed by atoms with van der Waals surface area (Å²) in [5, 5.41) is 2.79. The molecule has 0 radical (unpaired) electrons. The first-order valence-electron chi connectivity index (χ1n) is 4.03. The molecule has 0 N–H and O–H groups in total. The third-order valence-corrected chi connectivity index (χ3v) is 2.90. The summed E-state index contributed by atoms with van der Waals surface area (Å²) in [6, 6.07) is 12.6. The van der Waals surface area contributed by atoms with Gasteiger partial charge in [-0.15, -0.1) is 11.6 Å². The van der Waals surface area contributed by atoms with Crippen molar-refractivity contribution in [2.24, 2.45) is 0 Å². The fraction of sp³-hybridized carbons (Fsp3) is 0.0909. The maximum absolute atomic E-state index is 6.06. The average molecular weight is 175 g/mol. The molecule has 1 heteroatoms. The van der Waals surface area contributed by atoms with Gasteiger partial charge in [0.15, 0.2) is 0 Å². The quantitative estimate of drug-likeness (QED) is 0.537. The van der Waals surface area contributed by atoms with E-state index >= 15 is 0 Å². The molecule has 0 bridgehead atoms. The Bertz CT molecular complexity index is 460. The molecule has 12 heavy (non-hydrogen) atoms. The van der Waals surface area contributed by atoms with Crippen LogP contribution in [0, 0.1) is 0 Å². The molecule has 1 aliphatic rings. The van der Waals surface area contributed by atoms with Gasteiger partial charge >= 0.3 is 0 Å². The number of rotatable bonds is 0. The Morgan fingerprint density at radius 3 is 2.75 bits per heavy atom. The second-order valence-electron chi connectivity index (χ2n) is 3.15. The standard InChI is InChI=1S/C11H7Cl/c12-11-9-6-5-7-3-1-2-4-8(7)10(9)11/h1-6,11H. The molecule has 3 rings (SSSR count). The van der Waals surface area contributed by atoms with E-state index in [1.165, 1.54) is 21.9 Å². The van der Waals surface area contributed by atoms with Crippen molar-refractivity contribution in [1.82, 2.24) is 0 Å². The van der Waals surface area contributed by atoms with Crippen LogP contribution in [-0.2, 0) is 0 Å². The Kier molecular flexibility index (Phi) is 1.09. The van der Waals surface area contributed by atoms with E-state index in [0.29, 0.717) is 0 Å². The van der Waals surface area contributed by atoms with Crippen molar-refractivity contribution in [2.75, 3.05) is 0 Å². The minimum Gasteiger partial charge on any atom is -0.113 e. The van der Waals surface area contributed by atoms with Crippen LogP contribution in [0.15, 0.2) is 36.4 Å². The number of halogens is 1. The van der Waals surface area contributed by atoms with Crippen LogP contribution in [0.4, 0.5) is 0 Å². The smallest absolute Gasteiger partial charge is 0.0848 e. The first-order chi connectivity index (χ1) is 5.88. The molecule has 0 aromatic heterocycles. The van der Waals surface area contributed by atoms with E-state index in [2.05, 4.69) is 36.4 Å². The van der Waals surface area contributed by atoms with E-state index in [1.807, 2.05) is 0 Å². The highest BCUT2D eigenvalue weighted by molar-refractivity contribution is 6.28. The Morgan fingerprint density at radius 2 is 1.83 bits per heavy atom. The molecular weight excluding hydrogens is 168 g/mol. The normalized spacial score (nSPS) is 19.2. The lowest BCUT2D eigenvalue weighted by Gasteiger charge is -1.92. The van der Waals surface area contributed by atoms with Gasteiger partial charge in [0.05, 0.1) is 5.38 Å². The molecule has 0 aliphatic heterocycles. The van der Waals surface area contributed by atoms with Crippen molar-refractivity contribution >= 4 is 22.4 Å². The highest BCUT2D eigenvalue weighted by Crippen LogP contribution is 2.50. The average Bonchev–Trinajstić information content (AvgIpc) is 2.78. The zero-order chi connectivity index (χ0) is 8.13. The molecule has 0 saturated carbocycles. The molecule has 0 amide bonds. The molecule has 2 aromatic rings. The SMILES string of the molecule is ClC1c2ccc3ccccc3c21. The van der Waals surface area contributed by atoms with Gasteiger partial charge in [0.25, 0.3) is 0 Å². The summed E-state index contributed by atoms with van der Waals surface area (Å²) in [5.74, 6) is 0. The van der Waals surface area contributed by atoms with Gasteiger partial charge in [0.1, 0.15) is 0 Å². The predicted molar refractivity (Wildman–Crippen MR) is 51.6 cm³/mol. The minimum atomic E-state index is 0.185. The van der Waals surface area contributed by atoms with Gasteiger partial charge in [-0.1, -0.05) is 36.4 Å². The first kappa shape index (κ1) is 6.50. The van der Waals surface area contributed by atoms with Crippen molar-refractivity contribution in [2.45, 2.75) is 5.38 Å². The zero-order valence-electron chi connectivity index (χ0n) is 6.42. The molecule has 0 fully saturated rings. The van der Waals surface area contributed by atoms with Crippen molar-refractivity contribution in [1.29, 1.82) is 0 Å². The van der Waals surface area contributed by atoms with Crippen LogP contribution < -0.4 is 0 Å². The van der Waals surface area contributed by atoms with Gasteiger partial charge in [-0.2, -0.15) is 0 Å². The van der Waals surface area contributed by atoms with Gasteiger partial charge in [0.2, 0.25) is 0 Å². The Morgan fingerprint density at radius 1 is 1.00 bits per heavy atom. The molecule has 58 valence electrons. The van der Waals surface area contributed by atoms with Crippen molar-refractivity contribution in [3.05, 3.63) is 47.5 Å². The topological polar surface area (TPSA) is 0 Å². The summed E-state index contributed by atoms with van der Waals surface area (Å²) in [7, 11) is 0. The first-order valence-corrected chi connectivity index (χ1v) is 4.47. The van der Waals surface area contributed by atoms with Gasteiger partial charge in [-0.3, -0.25) is 0 Å². The molecular formula is C11H7Cl. The zero-order valence-corrected chi connectivity index (χ0v) is 7.18. The van der Waals surface area contributed by atoms with Crippen molar-refractivity contribution < 1.29 is 0 Å². The van der Waals surface area contributed by atoms with E-state index in [4.69, 9.17) is 11.6 Å². The third-order valence-electron chi connectivity index (χ3n) is 2.45. The number of benzene rings is 2. The molecule has 1 atom stereocenters. The Labute approximate surface area is 75.8 Å².